The lowest BCUT2D eigenvalue weighted by Crippen LogP contribution is -1.98. The summed E-state index contributed by atoms with van der Waals surface area (Å²) in [5, 5.41) is 3.43. The van der Waals surface area contributed by atoms with Gasteiger partial charge in [-0.05, 0) is 19.1 Å². The van der Waals surface area contributed by atoms with Gasteiger partial charge in [-0.3, -0.25) is 0 Å². The Morgan fingerprint density at radius 3 is 2.93 bits per heavy atom. The molecule has 2 aromatic rings. The molecule has 2 heterocycles. The number of hydrogen-bond acceptors (Lipinski definition) is 5. The first kappa shape index (κ1) is 9.48. The molecule has 2 rings (SSSR count). The SMILES string of the molecule is Cc1ccc(CNc2nsnc2Cl)o1. The van der Waals surface area contributed by atoms with Gasteiger partial charge in [-0.15, -0.1) is 0 Å². The van der Waals surface area contributed by atoms with Crippen LogP contribution in [-0.2, 0) is 6.54 Å². The van der Waals surface area contributed by atoms with Gasteiger partial charge in [0, 0.05) is 0 Å². The molecule has 0 aliphatic heterocycles. The monoisotopic (exact) mass is 229 g/mol. The van der Waals surface area contributed by atoms with E-state index >= 15 is 0 Å². The molecule has 0 fully saturated rings. The first-order valence-corrected chi connectivity index (χ1v) is 5.14. The Morgan fingerprint density at radius 2 is 2.36 bits per heavy atom. The minimum atomic E-state index is 0.401. The normalized spacial score (nSPS) is 10.4. The Kier molecular flexibility index (Phi) is 2.69. The molecule has 6 heteroatoms. The molecule has 0 spiro atoms. The summed E-state index contributed by atoms with van der Waals surface area (Å²) in [4.78, 5) is 0. The van der Waals surface area contributed by atoms with Crippen LogP contribution in [0.4, 0.5) is 5.82 Å². The highest BCUT2D eigenvalue weighted by molar-refractivity contribution is 6.99. The molecule has 0 aliphatic carbocycles. The van der Waals surface area contributed by atoms with Crippen molar-refractivity contribution in [1.82, 2.24) is 8.75 Å². The zero-order valence-corrected chi connectivity index (χ0v) is 9.02. The van der Waals surface area contributed by atoms with Crippen LogP contribution >= 0.6 is 23.3 Å². The van der Waals surface area contributed by atoms with E-state index in [9.17, 15) is 0 Å². The van der Waals surface area contributed by atoms with Crippen molar-refractivity contribution in [3.05, 3.63) is 28.8 Å². The van der Waals surface area contributed by atoms with Gasteiger partial charge in [0.05, 0.1) is 18.3 Å². The molecule has 0 amide bonds. The second kappa shape index (κ2) is 3.98. The van der Waals surface area contributed by atoms with E-state index in [1.54, 1.807) is 0 Å². The molecule has 4 nitrogen and oxygen atoms in total. The van der Waals surface area contributed by atoms with Crippen LogP contribution in [0.2, 0.25) is 5.15 Å². The summed E-state index contributed by atoms with van der Waals surface area (Å²) in [5.41, 5.74) is 0. The van der Waals surface area contributed by atoms with Gasteiger partial charge in [0.15, 0.2) is 11.0 Å². The molecule has 2 aromatic heterocycles. The van der Waals surface area contributed by atoms with Gasteiger partial charge in [0.1, 0.15) is 11.5 Å². The molecular weight excluding hydrogens is 222 g/mol. The van der Waals surface area contributed by atoms with Crippen molar-refractivity contribution in [3.63, 3.8) is 0 Å². The topological polar surface area (TPSA) is 51.0 Å². The first-order valence-electron chi connectivity index (χ1n) is 4.03. The summed E-state index contributed by atoms with van der Waals surface area (Å²) < 4.78 is 13.2. The fourth-order valence-electron chi connectivity index (χ4n) is 1.03. The largest absolute Gasteiger partial charge is 0.465 e. The van der Waals surface area contributed by atoms with Crippen LogP contribution in [0.25, 0.3) is 0 Å². The first-order chi connectivity index (χ1) is 6.75. The molecule has 1 N–H and O–H groups in total. The van der Waals surface area contributed by atoms with E-state index in [-0.39, 0.29) is 0 Å². The third-order valence-corrected chi connectivity index (χ3v) is 2.57. The maximum absolute atomic E-state index is 5.75. The van der Waals surface area contributed by atoms with Crippen LogP contribution in [0, 0.1) is 6.92 Å². The number of furan rings is 1. The predicted octanol–water partition coefficient (Wildman–Crippen LogP) is 2.71. The lowest BCUT2D eigenvalue weighted by atomic mass is 10.4. The molecule has 0 aliphatic rings. The van der Waals surface area contributed by atoms with E-state index in [2.05, 4.69) is 14.1 Å². The molecule has 0 bridgehead atoms. The number of anilines is 1. The lowest BCUT2D eigenvalue weighted by molar-refractivity contribution is 0.490. The number of halogens is 1. The van der Waals surface area contributed by atoms with Crippen LogP contribution in [0.5, 0.6) is 0 Å². The van der Waals surface area contributed by atoms with Gasteiger partial charge in [0.25, 0.3) is 0 Å². The van der Waals surface area contributed by atoms with Gasteiger partial charge in [-0.2, -0.15) is 8.75 Å². The Bertz CT molecular complexity index is 426. The van der Waals surface area contributed by atoms with E-state index in [0.29, 0.717) is 17.5 Å². The average molecular weight is 230 g/mol. The smallest absolute Gasteiger partial charge is 0.186 e. The molecule has 0 aromatic carbocycles. The van der Waals surface area contributed by atoms with E-state index in [1.807, 2.05) is 19.1 Å². The van der Waals surface area contributed by atoms with Gasteiger partial charge < -0.3 is 9.73 Å². The lowest BCUT2D eigenvalue weighted by Gasteiger charge is -1.98. The third-order valence-electron chi connectivity index (χ3n) is 1.67. The van der Waals surface area contributed by atoms with Crippen molar-refractivity contribution in [2.24, 2.45) is 0 Å². The highest BCUT2D eigenvalue weighted by Crippen LogP contribution is 2.18. The maximum atomic E-state index is 5.75. The summed E-state index contributed by atoms with van der Waals surface area (Å²) in [6.45, 7) is 2.47. The highest BCUT2D eigenvalue weighted by Gasteiger charge is 2.05. The molecule has 0 radical (unpaired) electrons. The average Bonchev–Trinajstić information content (AvgIpc) is 2.72. The number of rotatable bonds is 3. The number of aryl methyl sites for hydroxylation is 1. The van der Waals surface area contributed by atoms with Crippen molar-refractivity contribution in [1.29, 1.82) is 0 Å². The van der Waals surface area contributed by atoms with Crippen LogP contribution < -0.4 is 5.32 Å². The zero-order chi connectivity index (χ0) is 9.97. The molecule has 0 saturated heterocycles. The third kappa shape index (κ3) is 2.05. The molecular formula is C8H8ClN3OS. The van der Waals surface area contributed by atoms with Crippen LogP contribution in [0.3, 0.4) is 0 Å². The highest BCUT2D eigenvalue weighted by atomic mass is 35.5. The van der Waals surface area contributed by atoms with E-state index in [1.165, 1.54) is 0 Å². The Morgan fingerprint density at radius 1 is 1.50 bits per heavy atom. The van der Waals surface area contributed by atoms with Gasteiger partial charge >= 0.3 is 0 Å². The fourth-order valence-corrected chi connectivity index (χ4v) is 1.72. The standard InChI is InChI=1S/C8H8ClN3OS/c1-5-2-3-6(13-5)4-10-8-7(9)11-14-12-8/h2-3H,4H2,1H3,(H,10,12). The Hall–Kier alpha value is -1.07. The summed E-state index contributed by atoms with van der Waals surface area (Å²) in [6.07, 6.45) is 0. The van der Waals surface area contributed by atoms with E-state index in [4.69, 9.17) is 16.0 Å². The number of hydrogen-bond donors (Lipinski definition) is 1. The summed E-state index contributed by atoms with van der Waals surface area (Å²) in [6, 6.07) is 3.83. The minimum absolute atomic E-state index is 0.401. The van der Waals surface area contributed by atoms with E-state index in [0.717, 1.165) is 23.2 Å². The van der Waals surface area contributed by atoms with E-state index < -0.39 is 0 Å². The number of aromatic nitrogens is 2. The number of nitrogens with one attached hydrogen (secondary N) is 1. The minimum Gasteiger partial charge on any atom is -0.465 e. The van der Waals surface area contributed by atoms with Crippen LogP contribution in [0.1, 0.15) is 11.5 Å². The van der Waals surface area contributed by atoms with Gasteiger partial charge in [-0.1, -0.05) is 11.6 Å². The second-order valence-electron chi connectivity index (χ2n) is 2.77. The summed E-state index contributed by atoms with van der Waals surface area (Å²) in [5.74, 6) is 2.35. The fraction of sp³-hybridized carbons (Fsp3) is 0.250. The summed E-state index contributed by atoms with van der Waals surface area (Å²) >= 11 is 6.84. The quantitative estimate of drug-likeness (QED) is 0.879. The van der Waals surface area contributed by atoms with Crippen LogP contribution in [0.15, 0.2) is 16.5 Å². The van der Waals surface area contributed by atoms with Crippen molar-refractivity contribution >= 4 is 29.1 Å². The molecule has 0 saturated carbocycles. The zero-order valence-electron chi connectivity index (χ0n) is 7.45. The molecule has 0 unspecified atom stereocenters. The number of nitrogens with zero attached hydrogens (tertiary/aromatic N) is 2. The van der Waals surface area contributed by atoms with Crippen molar-refractivity contribution in [2.75, 3.05) is 5.32 Å². The molecule has 14 heavy (non-hydrogen) atoms. The Labute approximate surface area is 90.2 Å². The van der Waals surface area contributed by atoms with Crippen LogP contribution in [-0.4, -0.2) is 8.75 Å². The van der Waals surface area contributed by atoms with Crippen molar-refractivity contribution in [3.8, 4) is 0 Å². The Balaban J connectivity index is 1.98. The predicted molar refractivity (Wildman–Crippen MR) is 55.7 cm³/mol. The van der Waals surface area contributed by atoms with Crippen molar-refractivity contribution < 1.29 is 4.42 Å². The molecule has 74 valence electrons. The second-order valence-corrected chi connectivity index (χ2v) is 3.66. The van der Waals surface area contributed by atoms with Gasteiger partial charge in [-0.25, -0.2) is 0 Å². The van der Waals surface area contributed by atoms with Crippen molar-refractivity contribution in [2.45, 2.75) is 13.5 Å². The molecule has 0 atom stereocenters. The van der Waals surface area contributed by atoms with Gasteiger partial charge in [0.2, 0.25) is 0 Å². The maximum Gasteiger partial charge on any atom is 0.186 e. The summed E-state index contributed by atoms with van der Waals surface area (Å²) in [7, 11) is 0.